The smallest absolute Gasteiger partial charge is 0.326 e. The zero-order valence-corrected chi connectivity index (χ0v) is 11.6. The normalized spacial score (nSPS) is 35.7. The lowest BCUT2D eigenvalue weighted by atomic mass is 9.83. The van der Waals surface area contributed by atoms with Gasteiger partial charge < -0.3 is 14.4 Å². The maximum Gasteiger partial charge on any atom is 0.326 e. The van der Waals surface area contributed by atoms with Gasteiger partial charge in [-0.2, -0.15) is 0 Å². The van der Waals surface area contributed by atoms with Gasteiger partial charge in [0, 0.05) is 25.7 Å². The van der Waals surface area contributed by atoms with Gasteiger partial charge in [0.1, 0.15) is 5.54 Å². The number of esters is 1. The lowest BCUT2D eigenvalue weighted by molar-refractivity contribution is -0.152. The first-order valence-electron chi connectivity index (χ1n) is 6.67. The van der Waals surface area contributed by atoms with Crippen LogP contribution >= 0.6 is 0 Å². The number of ether oxygens (including phenoxy) is 2. The highest BCUT2D eigenvalue weighted by Gasteiger charge is 2.51. The number of hydrogen-bond donors (Lipinski definition) is 1. The summed E-state index contributed by atoms with van der Waals surface area (Å²) < 4.78 is 10.1. The monoisotopic (exact) mass is 256 g/mol. The second kappa shape index (κ2) is 5.55. The van der Waals surface area contributed by atoms with Gasteiger partial charge in [0.2, 0.25) is 0 Å². The molecular formula is C13H24N2O3. The van der Waals surface area contributed by atoms with Crippen molar-refractivity contribution in [3.05, 3.63) is 0 Å². The fraction of sp³-hybridized carbons (Fsp3) is 0.923. The fourth-order valence-corrected chi connectivity index (χ4v) is 3.44. The topological polar surface area (TPSA) is 50.8 Å². The largest absolute Gasteiger partial charge is 0.468 e. The van der Waals surface area contributed by atoms with Crippen molar-refractivity contribution in [1.82, 2.24) is 10.2 Å². The summed E-state index contributed by atoms with van der Waals surface area (Å²) in [6.07, 6.45) is 4.06. The van der Waals surface area contributed by atoms with Crippen molar-refractivity contribution >= 4 is 5.97 Å². The summed E-state index contributed by atoms with van der Waals surface area (Å²) in [7, 11) is 5.31. The molecule has 18 heavy (non-hydrogen) atoms. The number of methoxy groups -OCH3 is 2. The fourth-order valence-electron chi connectivity index (χ4n) is 3.44. The van der Waals surface area contributed by atoms with Crippen LogP contribution in [0.1, 0.15) is 25.7 Å². The van der Waals surface area contributed by atoms with E-state index in [1.165, 1.54) is 20.0 Å². The summed E-state index contributed by atoms with van der Waals surface area (Å²) in [5, 5.41) is 3.38. The molecule has 1 N–H and O–H groups in total. The van der Waals surface area contributed by atoms with Gasteiger partial charge in [-0.3, -0.25) is 10.1 Å². The third-order valence-electron chi connectivity index (χ3n) is 4.50. The van der Waals surface area contributed by atoms with Crippen LogP contribution in [-0.2, 0) is 14.3 Å². The van der Waals surface area contributed by atoms with Gasteiger partial charge in [-0.15, -0.1) is 0 Å². The molecule has 0 radical (unpaired) electrons. The minimum Gasteiger partial charge on any atom is -0.468 e. The van der Waals surface area contributed by atoms with Gasteiger partial charge in [-0.1, -0.05) is 0 Å². The van der Waals surface area contributed by atoms with E-state index in [4.69, 9.17) is 9.47 Å². The zero-order valence-electron chi connectivity index (χ0n) is 11.6. The Kier molecular flexibility index (Phi) is 4.25. The molecule has 0 amide bonds. The summed E-state index contributed by atoms with van der Waals surface area (Å²) in [6, 6.07) is 0.996. The molecule has 0 saturated carbocycles. The van der Waals surface area contributed by atoms with Crippen molar-refractivity contribution in [2.45, 2.75) is 43.3 Å². The van der Waals surface area contributed by atoms with Crippen molar-refractivity contribution in [1.29, 1.82) is 0 Å². The summed E-state index contributed by atoms with van der Waals surface area (Å²) in [5.41, 5.74) is -0.508. The van der Waals surface area contributed by atoms with Crippen LogP contribution in [0.4, 0.5) is 0 Å². The maximum absolute atomic E-state index is 12.2. The molecule has 5 nitrogen and oxygen atoms in total. The van der Waals surface area contributed by atoms with E-state index in [2.05, 4.69) is 17.3 Å². The SMILES string of the molecule is COCCNC1(C(=O)OC)CC2CCC(C1)N2C. The number of nitrogens with zero attached hydrogens (tertiary/aromatic N) is 1. The molecule has 2 saturated heterocycles. The third kappa shape index (κ3) is 2.39. The molecule has 2 aliphatic rings. The van der Waals surface area contributed by atoms with E-state index < -0.39 is 5.54 Å². The highest BCUT2D eigenvalue weighted by molar-refractivity contribution is 5.81. The molecule has 5 heteroatoms. The lowest BCUT2D eigenvalue weighted by Crippen LogP contribution is -2.62. The molecule has 0 spiro atoms. The number of carbonyl (C=O) groups is 1. The molecule has 0 aliphatic carbocycles. The quantitative estimate of drug-likeness (QED) is 0.570. The number of hydrogen-bond acceptors (Lipinski definition) is 5. The summed E-state index contributed by atoms with van der Waals surface area (Å²) in [5.74, 6) is -0.122. The Hall–Kier alpha value is -0.650. The van der Waals surface area contributed by atoms with Gasteiger partial charge in [-0.25, -0.2) is 0 Å². The van der Waals surface area contributed by atoms with E-state index in [0.717, 1.165) is 12.8 Å². The molecule has 2 unspecified atom stereocenters. The van der Waals surface area contributed by atoms with Crippen molar-refractivity contribution in [2.24, 2.45) is 0 Å². The Labute approximate surface area is 109 Å². The van der Waals surface area contributed by atoms with Gasteiger partial charge in [0.05, 0.1) is 13.7 Å². The molecular weight excluding hydrogens is 232 g/mol. The average molecular weight is 256 g/mol. The van der Waals surface area contributed by atoms with E-state index in [9.17, 15) is 4.79 Å². The number of rotatable bonds is 5. The molecule has 2 rings (SSSR count). The minimum absolute atomic E-state index is 0.122. The van der Waals surface area contributed by atoms with Crippen LogP contribution < -0.4 is 5.32 Å². The Morgan fingerprint density at radius 1 is 1.33 bits per heavy atom. The van der Waals surface area contributed by atoms with Crippen molar-refractivity contribution in [2.75, 3.05) is 34.4 Å². The minimum atomic E-state index is -0.508. The molecule has 2 heterocycles. The molecule has 2 aliphatic heterocycles. The number of carbonyl (C=O) groups excluding carboxylic acids is 1. The highest BCUT2D eigenvalue weighted by Crippen LogP contribution is 2.40. The van der Waals surface area contributed by atoms with Crippen LogP contribution in [0, 0.1) is 0 Å². The molecule has 0 aromatic heterocycles. The molecule has 104 valence electrons. The Bertz CT molecular complexity index is 295. The summed E-state index contributed by atoms with van der Waals surface area (Å²) in [4.78, 5) is 14.6. The number of fused-ring (bicyclic) bond motifs is 2. The molecule has 2 atom stereocenters. The van der Waals surface area contributed by atoms with Crippen LogP contribution in [0.5, 0.6) is 0 Å². The predicted octanol–water partition coefficient (Wildman–Crippen LogP) is 0.391. The Balaban J connectivity index is 2.09. The molecule has 0 aromatic rings. The number of nitrogens with one attached hydrogen (secondary N) is 1. The first-order chi connectivity index (χ1) is 8.63. The van der Waals surface area contributed by atoms with Crippen molar-refractivity contribution in [3.63, 3.8) is 0 Å². The van der Waals surface area contributed by atoms with E-state index in [1.807, 2.05) is 0 Å². The summed E-state index contributed by atoms with van der Waals surface area (Å²) >= 11 is 0. The standard InChI is InChI=1S/C13H24N2O3/c1-15-10-4-5-11(15)9-13(8-10,12(16)18-3)14-6-7-17-2/h10-11,14H,4-9H2,1-3H3. The van der Waals surface area contributed by atoms with Crippen LogP contribution in [0.25, 0.3) is 0 Å². The third-order valence-corrected chi connectivity index (χ3v) is 4.50. The zero-order chi connectivity index (χ0) is 13.2. The van der Waals surface area contributed by atoms with Gasteiger partial charge in [-0.05, 0) is 32.7 Å². The first kappa shape index (κ1) is 13.8. The molecule has 2 fully saturated rings. The van der Waals surface area contributed by atoms with E-state index in [0.29, 0.717) is 25.2 Å². The van der Waals surface area contributed by atoms with E-state index in [-0.39, 0.29) is 5.97 Å². The maximum atomic E-state index is 12.2. The summed E-state index contributed by atoms with van der Waals surface area (Å²) in [6.45, 7) is 1.30. The van der Waals surface area contributed by atoms with Gasteiger partial charge in [0.15, 0.2) is 0 Å². The van der Waals surface area contributed by atoms with Crippen molar-refractivity contribution < 1.29 is 14.3 Å². The Morgan fingerprint density at radius 2 is 1.94 bits per heavy atom. The van der Waals surface area contributed by atoms with E-state index >= 15 is 0 Å². The second-order valence-corrected chi connectivity index (χ2v) is 5.45. The highest BCUT2D eigenvalue weighted by atomic mass is 16.5. The van der Waals surface area contributed by atoms with Crippen molar-refractivity contribution in [3.8, 4) is 0 Å². The Morgan fingerprint density at radius 3 is 2.44 bits per heavy atom. The van der Waals surface area contributed by atoms with Crippen LogP contribution in [-0.4, -0.2) is 62.9 Å². The van der Waals surface area contributed by atoms with Gasteiger partial charge in [0.25, 0.3) is 0 Å². The lowest BCUT2D eigenvalue weighted by Gasteiger charge is -2.43. The van der Waals surface area contributed by atoms with Crippen LogP contribution in [0.3, 0.4) is 0 Å². The average Bonchev–Trinajstić information content (AvgIpc) is 2.62. The van der Waals surface area contributed by atoms with Crippen LogP contribution in [0.15, 0.2) is 0 Å². The first-order valence-corrected chi connectivity index (χ1v) is 6.67. The predicted molar refractivity (Wildman–Crippen MR) is 68.4 cm³/mol. The van der Waals surface area contributed by atoms with Crippen LogP contribution in [0.2, 0.25) is 0 Å². The van der Waals surface area contributed by atoms with Gasteiger partial charge >= 0.3 is 5.97 Å². The second-order valence-electron chi connectivity index (χ2n) is 5.45. The molecule has 2 bridgehead atoms. The number of piperidine rings is 1. The molecule has 0 aromatic carbocycles. The van der Waals surface area contributed by atoms with E-state index in [1.54, 1.807) is 7.11 Å².